The quantitative estimate of drug-likeness (QED) is 0.779. The van der Waals surface area contributed by atoms with E-state index in [2.05, 4.69) is 0 Å². The molecule has 0 saturated heterocycles. The van der Waals surface area contributed by atoms with E-state index in [9.17, 15) is 4.79 Å². The normalized spacial score (nSPS) is 10.7. The Morgan fingerprint density at radius 1 is 1.39 bits per heavy atom. The maximum atomic E-state index is 11.1. The zero-order chi connectivity index (χ0) is 13.4. The van der Waals surface area contributed by atoms with Gasteiger partial charge in [0.2, 0.25) is 0 Å². The van der Waals surface area contributed by atoms with Crippen molar-refractivity contribution in [2.75, 3.05) is 7.11 Å². The second-order valence-corrected chi connectivity index (χ2v) is 5.61. The highest BCUT2D eigenvalue weighted by atomic mass is 35.5. The highest BCUT2D eigenvalue weighted by Crippen LogP contribution is 2.45. The summed E-state index contributed by atoms with van der Waals surface area (Å²) in [5.41, 5.74) is 0.845. The number of aryl methyl sites for hydroxylation is 1. The molecule has 0 bridgehead atoms. The number of hydrogen-bond donors (Lipinski definition) is 0. The van der Waals surface area contributed by atoms with Gasteiger partial charge in [-0.1, -0.05) is 11.6 Å². The SMILES string of the molecule is COc1cc2sc(C)c(OC(C)=O)c2c(Cl)c1C. The van der Waals surface area contributed by atoms with Gasteiger partial charge in [0.25, 0.3) is 0 Å². The molecule has 1 aromatic carbocycles. The van der Waals surface area contributed by atoms with Crippen LogP contribution >= 0.6 is 22.9 Å². The summed E-state index contributed by atoms with van der Waals surface area (Å²) < 4.78 is 11.5. The first-order chi connectivity index (χ1) is 8.45. The van der Waals surface area contributed by atoms with Crippen LogP contribution in [0.2, 0.25) is 5.02 Å². The average molecular weight is 285 g/mol. The van der Waals surface area contributed by atoms with Gasteiger partial charge in [-0.05, 0) is 19.9 Å². The number of halogens is 1. The fourth-order valence-corrected chi connectivity index (χ4v) is 3.23. The van der Waals surface area contributed by atoms with Crippen molar-refractivity contribution < 1.29 is 14.3 Å². The van der Waals surface area contributed by atoms with Crippen LogP contribution in [0, 0.1) is 13.8 Å². The van der Waals surface area contributed by atoms with Gasteiger partial charge >= 0.3 is 5.97 Å². The summed E-state index contributed by atoms with van der Waals surface area (Å²) in [7, 11) is 1.61. The molecule has 0 saturated carbocycles. The maximum Gasteiger partial charge on any atom is 0.308 e. The summed E-state index contributed by atoms with van der Waals surface area (Å²) in [4.78, 5) is 12.1. The van der Waals surface area contributed by atoms with Crippen molar-refractivity contribution in [3.8, 4) is 11.5 Å². The number of rotatable bonds is 2. The minimum Gasteiger partial charge on any atom is -0.496 e. The van der Waals surface area contributed by atoms with Crippen molar-refractivity contribution in [3.63, 3.8) is 0 Å². The standard InChI is InChI=1S/C13H13ClO3S/c1-6-9(16-4)5-10-11(12(6)14)13(7(2)18-10)17-8(3)15/h5H,1-4H3. The van der Waals surface area contributed by atoms with E-state index < -0.39 is 0 Å². The van der Waals surface area contributed by atoms with Gasteiger partial charge in [-0.3, -0.25) is 4.79 Å². The molecule has 2 aromatic rings. The Hall–Kier alpha value is -1.26. The summed E-state index contributed by atoms with van der Waals surface area (Å²) in [5.74, 6) is 0.948. The molecule has 0 aliphatic carbocycles. The molecule has 0 amide bonds. The van der Waals surface area contributed by atoms with E-state index >= 15 is 0 Å². The summed E-state index contributed by atoms with van der Waals surface area (Å²) in [6.07, 6.45) is 0. The third-order valence-electron chi connectivity index (χ3n) is 2.70. The third-order valence-corrected chi connectivity index (χ3v) is 4.21. The van der Waals surface area contributed by atoms with Crippen LogP contribution in [-0.2, 0) is 4.79 Å². The van der Waals surface area contributed by atoms with E-state index in [1.807, 2.05) is 19.9 Å². The van der Waals surface area contributed by atoms with Gasteiger partial charge in [-0.25, -0.2) is 0 Å². The lowest BCUT2D eigenvalue weighted by Gasteiger charge is -2.08. The number of carbonyl (C=O) groups is 1. The Bertz CT molecular complexity index is 631. The number of ether oxygens (including phenoxy) is 2. The van der Waals surface area contributed by atoms with Crippen LogP contribution in [-0.4, -0.2) is 13.1 Å². The molecule has 0 N–H and O–H groups in total. The van der Waals surface area contributed by atoms with Crippen molar-refractivity contribution in [1.82, 2.24) is 0 Å². The van der Waals surface area contributed by atoms with Crippen LogP contribution in [0.4, 0.5) is 0 Å². The summed E-state index contributed by atoms with van der Waals surface area (Å²) in [6, 6.07) is 1.92. The van der Waals surface area contributed by atoms with Crippen molar-refractivity contribution in [2.45, 2.75) is 20.8 Å². The van der Waals surface area contributed by atoms with Crippen LogP contribution in [0.3, 0.4) is 0 Å². The Morgan fingerprint density at radius 3 is 2.61 bits per heavy atom. The summed E-state index contributed by atoms with van der Waals surface area (Å²) in [5, 5.41) is 1.36. The van der Waals surface area contributed by atoms with E-state index in [1.165, 1.54) is 18.3 Å². The lowest BCUT2D eigenvalue weighted by molar-refractivity contribution is -0.131. The smallest absolute Gasteiger partial charge is 0.308 e. The van der Waals surface area contributed by atoms with E-state index in [1.54, 1.807) is 7.11 Å². The molecule has 1 heterocycles. The Balaban J connectivity index is 2.77. The monoisotopic (exact) mass is 284 g/mol. The molecule has 0 unspecified atom stereocenters. The molecule has 0 atom stereocenters. The molecule has 5 heteroatoms. The summed E-state index contributed by atoms with van der Waals surface area (Å²) >= 11 is 7.88. The first-order valence-corrected chi connectivity index (χ1v) is 6.59. The molecule has 2 rings (SSSR count). The first kappa shape index (κ1) is 13.2. The van der Waals surface area contributed by atoms with Gasteiger partial charge < -0.3 is 9.47 Å². The fourth-order valence-electron chi connectivity index (χ4n) is 1.86. The lowest BCUT2D eigenvalue weighted by Crippen LogP contribution is -2.01. The maximum absolute atomic E-state index is 11.1. The average Bonchev–Trinajstić information content (AvgIpc) is 2.60. The topological polar surface area (TPSA) is 35.5 Å². The molecule has 0 aliphatic rings. The predicted octanol–water partition coefficient (Wildman–Crippen LogP) is 4.11. The number of fused-ring (bicyclic) bond motifs is 1. The second-order valence-electron chi connectivity index (χ2n) is 3.97. The van der Waals surface area contributed by atoms with Gasteiger partial charge in [-0.15, -0.1) is 11.3 Å². The molecule has 0 aliphatic heterocycles. The van der Waals surface area contributed by atoms with Crippen molar-refractivity contribution in [1.29, 1.82) is 0 Å². The van der Waals surface area contributed by atoms with Gasteiger partial charge in [0.1, 0.15) is 5.75 Å². The van der Waals surface area contributed by atoms with Gasteiger partial charge in [-0.2, -0.15) is 0 Å². The van der Waals surface area contributed by atoms with Gasteiger partial charge in [0.05, 0.1) is 17.5 Å². The fraction of sp³-hybridized carbons (Fsp3) is 0.308. The molecular weight excluding hydrogens is 272 g/mol. The number of methoxy groups -OCH3 is 1. The molecule has 96 valence electrons. The molecule has 0 spiro atoms. The van der Waals surface area contributed by atoms with E-state index in [4.69, 9.17) is 21.1 Å². The molecule has 0 fully saturated rings. The zero-order valence-corrected chi connectivity index (χ0v) is 12.2. The van der Waals surface area contributed by atoms with Crippen LogP contribution in [0.1, 0.15) is 17.4 Å². The zero-order valence-electron chi connectivity index (χ0n) is 10.6. The van der Waals surface area contributed by atoms with Gasteiger partial charge in [0.15, 0.2) is 5.75 Å². The molecule has 3 nitrogen and oxygen atoms in total. The van der Waals surface area contributed by atoms with E-state index in [0.717, 1.165) is 26.3 Å². The number of thiophene rings is 1. The molecular formula is C13H13ClO3S. The highest BCUT2D eigenvalue weighted by Gasteiger charge is 2.19. The van der Waals surface area contributed by atoms with Crippen LogP contribution in [0.5, 0.6) is 11.5 Å². The highest BCUT2D eigenvalue weighted by molar-refractivity contribution is 7.19. The number of carbonyl (C=O) groups excluding carboxylic acids is 1. The van der Waals surface area contributed by atoms with Gasteiger partial charge in [0, 0.05) is 22.1 Å². The second kappa shape index (κ2) is 4.78. The van der Waals surface area contributed by atoms with Crippen molar-refractivity contribution >= 4 is 39.0 Å². The van der Waals surface area contributed by atoms with Crippen LogP contribution in [0.15, 0.2) is 6.07 Å². The Kier molecular flexibility index (Phi) is 3.50. The molecule has 0 radical (unpaired) electrons. The number of esters is 1. The minimum atomic E-state index is -0.345. The van der Waals surface area contributed by atoms with Crippen molar-refractivity contribution in [3.05, 3.63) is 21.5 Å². The van der Waals surface area contributed by atoms with Crippen LogP contribution < -0.4 is 9.47 Å². The Morgan fingerprint density at radius 2 is 2.06 bits per heavy atom. The van der Waals surface area contributed by atoms with E-state index in [0.29, 0.717) is 10.8 Å². The Labute approximate surface area is 114 Å². The van der Waals surface area contributed by atoms with Crippen LogP contribution in [0.25, 0.3) is 10.1 Å². The number of hydrogen-bond acceptors (Lipinski definition) is 4. The summed E-state index contributed by atoms with van der Waals surface area (Å²) in [6.45, 7) is 5.17. The largest absolute Gasteiger partial charge is 0.496 e. The lowest BCUT2D eigenvalue weighted by atomic mass is 10.1. The van der Waals surface area contributed by atoms with E-state index in [-0.39, 0.29) is 5.97 Å². The van der Waals surface area contributed by atoms with Crippen molar-refractivity contribution in [2.24, 2.45) is 0 Å². The molecule has 18 heavy (non-hydrogen) atoms. The third kappa shape index (κ3) is 2.06. The number of benzene rings is 1. The molecule has 1 aromatic heterocycles. The predicted molar refractivity (Wildman–Crippen MR) is 74.2 cm³/mol. The minimum absolute atomic E-state index is 0.345. The first-order valence-electron chi connectivity index (χ1n) is 5.40.